The van der Waals surface area contributed by atoms with Crippen molar-refractivity contribution in [2.24, 2.45) is 0 Å². The minimum Gasteiger partial charge on any atom is -0.389 e. The van der Waals surface area contributed by atoms with Gasteiger partial charge >= 0.3 is 0 Å². The number of aryl methyl sites for hydroxylation is 1. The van der Waals surface area contributed by atoms with Crippen molar-refractivity contribution in [3.05, 3.63) is 28.8 Å². The summed E-state index contributed by atoms with van der Waals surface area (Å²) in [6.07, 6.45) is 0. The quantitative estimate of drug-likeness (QED) is 0.783. The maximum absolute atomic E-state index is 12.0. The molecule has 1 rings (SSSR count). The number of hydrogen-bond acceptors (Lipinski definition) is 3. The van der Waals surface area contributed by atoms with Gasteiger partial charge in [-0.15, -0.1) is 0 Å². The summed E-state index contributed by atoms with van der Waals surface area (Å²) in [4.78, 5) is 12.0. The molecule has 0 aromatic heterocycles. The number of carbonyl (C=O) groups is 1. The molecule has 0 radical (unpaired) electrons. The fourth-order valence-electron chi connectivity index (χ4n) is 1.44. The average Bonchev–Trinajstić information content (AvgIpc) is 2.30. The van der Waals surface area contributed by atoms with Gasteiger partial charge < -0.3 is 15.7 Å². The predicted molar refractivity (Wildman–Crippen MR) is 83.2 cm³/mol. The van der Waals surface area contributed by atoms with Gasteiger partial charge in [-0.1, -0.05) is 17.7 Å². The van der Waals surface area contributed by atoms with Gasteiger partial charge in [0.25, 0.3) is 0 Å². The number of nitrogens with one attached hydrogen (secondary N) is 2. The average molecular weight is 299 g/mol. The predicted octanol–water partition coefficient (Wildman–Crippen LogP) is 2.73. The lowest BCUT2D eigenvalue weighted by molar-refractivity contribution is -0.116. The Kier molecular flexibility index (Phi) is 5.19. The van der Waals surface area contributed by atoms with Crippen molar-refractivity contribution in [1.29, 1.82) is 0 Å². The number of anilines is 1. The fourth-order valence-corrected chi connectivity index (χ4v) is 1.61. The Labute approximate surface area is 125 Å². The molecule has 5 heteroatoms. The molecule has 0 spiro atoms. The van der Waals surface area contributed by atoms with E-state index in [1.807, 2.05) is 26.8 Å². The summed E-state index contributed by atoms with van der Waals surface area (Å²) in [5, 5.41) is 16.5. The van der Waals surface area contributed by atoms with E-state index in [0.717, 1.165) is 5.56 Å². The highest BCUT2D eigenvalue weighted by molar-refractivity contribution is 6.31. The first kappa shape index (κ1) is 17.0. The summed E-state index contributed by atoms with van der Waals surface area (Å²) < 4.78 is 0. The standard InChI is InChI=1S/C15H23ClN2O2/c1-10-6-7-11(16)8-12(10)18-13(19)9-17-14(2,3)15(4,5)20/h6-8,17,20H,9H2,1-5H3,(H,18,19). The summed E-state index contributed by atoms with van der Waals surface area (Å²) >= 11 is 5.91. The van der Waals surface area contributed by atoms with E-state index in [9.17, 15) is 9.90 Å². The van der Waals surface area contributed by atoms with Gasteiger partial charge in [0.15, 0.2) is 0 Å². The number of halogens is 1. The molecule has 0 aliphatic heterocycles. The smallest absolute Gasteiger partial charge is 0.238 e. The largest absolute Gasteiger partial charge is 0.389 e. The summed E-state index contributed by atoms with van der Waals surface area (Å²) in [5.41, 5.74) is 0.141. The Balaban J connectivity index is 2.63. The number of aliphatic hydroxyl groups is 1. The van der Waals surface area contributed by atoms with Gasteiger partial charge in [-0.2, -0.15) is 0 Å². The van der Waals surface area contributed by atoms with Crippen molar-refractivity contribution >= 4 is 23.2 Å². The zero-order valence-corrected chi connectivity index (χ0v) is 13.4. The molecule has 0 aliphatic carbocycles. The van der Waals surface area contributed by atoms with Gasteiger partial charge in [-0.25, -0.2) is 0 Å². The van der Waals surface area contributed by atoms with Crippen LogP contribution in [0.2, 0.25) is 5.02 Å². The molecule has 0 atom stereocenters. The summed E-state index contributed by atoms with van der Waals surface area (Å²) in [6, 6.07) is 5.35. The third kappa shape index (κ3) is 4.47. The minimum absolute atomic E-state index is 0.114. The van der Waals surface area contributed by atoms with Gasteiger partial charge in [0.1, 0.15) is 0 Å². The number of carbonyl (C=O) groups excluding carboxylic acids is 1. The zero-order chi connectivity index (χ0) is 15.6. The molecule has 1 aromatic carbocycles. The van der Waals surface area contributed by atoms with Crippen LogP contribution < -0.4 is 10.6 Å². The van der Waals surface area contributed by atoms with E-state index < -0.39 is 11.1 Å². The Morgan fingerprint density at radius 1 is 1.30 bits per heavy atom. The van der Waals surface area contributed by atoms with Crippen LogP contribution in [0.1, 0.15) is 33.3 Å². The number of amides is 1. The number of rotatable bonds is 5. The Bertz CT molecular complexity index is 493. The van der Waals surface area contributed by atoms with Crippen LogP contribution in [0.4, 0.5) is 5.69 Å². The molecule has 112 valence electrons. The lowest BCUT2D eigenvalue weighted by Crippen LogP contribution is -2.57. The van der Waals surface area contributed by atoms with Crippen LogP contribution in [0.15, 0.2) is 18.2 Å². The van der Waals surface area contributed by atoms with Crippen molar-refractivity contribution in [3.8, 4) is 0 Å². The first-order chi connectivity index (χ1) is 9.03. The molecule has 1 aromatic rings. The molecule has 20 heavy (non-hydrogen) atoms. The van der Waals surface area contributed by atoms with Crippen LogP contribution in [0, 0.1) is 6.92 Å². The minimum atomic E-state index is -0.931. The Hall–Kier alpha value is -1.10. The molecule has 0 heterocycles. The first-order valence-corrected chi connectivity index (χ1v) is 6.94. The maximum atomic E-state index is 12.0. The van der Waals surface area contributed by atoms with E-state index in [0.29, 0.717) is 10.7 Å². The molecule has 3 N–H and O–H groups in total. The molecule has 0 saturated carbocycles. The zero-order valence-electron chi connectivity index (χ0n) is 12.7. The van der Waals surface area contributed by atoms with Crippen LogP contribution in [0.25, 0.3) is 0 Å². The first-order valence-electron chi connectivity index (χ1n) is 6.56. The SMILES string of the molecule is Cc1ccc(Cl)cc1NC(=O)CNC(C)(C)C(C)(C)O. The fraction of sp³-hybridized carbons (Fsp3) is 0.533. The maximum Gasteiger partial charge on any atom is 0.238 e. The lowest BCUT2D eigenvalue weighted by Gasteiger charge is -2.38. The molecule has 4 nitrogen and oxygen atoms in total. The monoisotopic (exact) mass is 298 g/mol. The lowest BCUT2D eigenvalue weighted by atomic mass is 9.86. The van der Waals surface area contributed by atoms with E-state index in [1.54, 1.807) is 26.0 Å². The highest BCUT2D eigenvalue weighted by atomic mass is 35.5. The van der Waals surface area contributed by atoms with E-state index in [1.165, 1.54) is 0 Å². The van der Waals surface area contributed by atoms with E-state index >= 15 is 0 Å². The van der Waals surface area contributed by atoms with Crippen molar-refractivity contribution in [2.45, 2.75) is 45.8 Å². The highest BCUT2D eigenvalue weighted by Crippen LogP contribution is 2.21. The van der Waals surface area contributed by atoms with Crippen LogP contribution in [-0.2, 0) is 4.79 Å². The topological polar surface area (TPSA) is 61.4 Å². The third-order valence-corrected chi connectivity index (χ3v) is 3.93. The molecule has 0 aliphatic rings. The number of hydrogen-bond donors (Lipinski definition) is 3. The summed E-state index contributed by atoms with van der Waals surface area (Å²) in [7, 11) is 0. The second-order valence-corrected chi connectivity index (χ2v) is 6.48. The summed E-state index contributed by atoms with van der Waals surface area (Å²) in [5.74, 6) is -0.173. The van der Waals surface area contributed by atoms with E-state index in [2.05, 4.69) is 10.6 Å². The van der Waals surface area contributed by atoms with E-state index in [-0.39, 0.29) is 12.5 Å². The summed E-state index contributed by atoms with van der Waals surface area (Å²) in [6.45, 7) is 9.14. The van der Waals surface area contributed by atoms with E-state index in [4.69, 9.17) is 11.6 Å². The van der Waals surface area contributed by atoms with Crippen LogP contribution >= 0.6 is 11.6 Å². The van der Waals surface area contributed by atoms with Gasteiger partial charge in [-0.05, 0) is 52.3 Å². The second-order valence-electron chi connectivity index (χ2n) is 6.04. The normalized spacial score (nSPS) is 12.3. The second kappa shape index (κ2) is 6.12. The molecule has 0 unspecified atom stereocenters. The van der Waals surface area contributed by atoms with Gasteiger partial charge in [0.05, 0.1) is 12.1 Å². The Morgan fingerprint density at radius 2 is 1.90 bits per heavy atom. The van der Waals surface area contributed by atoms with Crippen molar-refractivity contribution in [1.82, 2.24) is 5.32 Å². The molecule has 0 bridgehead atoms. The highest BCUT2D eigenvalue weighted by Gasteiger charge is 2.34. The molecular formula is C15H23ClN2O2. The Morgan fingerprint density at radius 3 is 2.45 bits per heavy atom. The molecular weight excluding hydrogens is 276 g/mol. The number of benzene rings is 1. The van der Waals surface area contributed by atoms with Crippen LogP contribution in [-0.4, -0.2) is 28.7 Å². The van der Waals surface area contributed by atoms with Crippen LogP contribution in [0.3, 0.4) is 0 Å². The van der Waals surface area contributed by atoms with Crippen molar-refractivity contribution in [2.75, 3.05) is 11.9 Å². The molecule has 1 amide bonds. The van der Waals surface area contributed by atoms with Gasteiger partial charge in [0.2, 0.25) is 5.91 Å². The molecule has 0 saturated heterocycles. The van der Waals surface area contributed by atoms with Crippen molar-refractivity contribution < 1.29 is 9.90 Å². The molecule has 0 fully saturated rings. The van der Waals surface area contributed by atoms with Gasteiger partial charge in [0, 0.05) is 16.2 Å². The van der Waals surface area contributed by atoms with Crippen molar-refractivity contribution in [3.63, 3.8) is 0 Å². The van der Waals surface area contributed by atoms with Crippen LogP contribution in [0.5, 0.6) is 0 Å². The third-order valence-electron chi connectivity index (χ3n) is 3.69. The van der Waals surface area contributed by atoms with Gasteiger partial charge in [-0.3, -0.25) is 4.79 Å².